The summed E-state index contributed by atoms with van der Waals surface area (Å²) in [7, 11) is 0. The number of fused-ring (bicyclic) bond motifs is 1. The average Bonchev–Trinajstić information content (AvgIpc) is 2.88. The first-order chi connectivity index (χ1) is 9.20. The van der Waals surface area contributed by atoms with Crippen LogP contribution in [0.1, 0.15) is 6.92 Å². The summed E-state index contributed by atoms with van der Waals surface area (Å²) >= 11 is 0. The summed E-state index contributed by atoms with van der Waals surface area (Å²) in [6.07, 6.45) is 1.40. The Labute approximate surface area is 108 Å². The Morgan fingerprint density at radius 3 is 2.68 bits per heavy atom. The van der Waals surface area contributed by atoms with Crippen LogP contribution in [-0.2, 0) is 0 Å². The van der Waals surface area contributed by atoms with Crippen molar-refractivity contribution in [2.45, 2.75) is 6.92 Å². The van der Waals surface area contributed by atoms with E-state index in [0.29, 0.717) is 24.3 Å². The van der Waals surface area contributed by atoms with E-state index in [1.807, 2.05) is 0 Å². The second-order valence-electron chi connectivity index (χ2n) is 4.56. The minimum Gasteiger partial charge on any atom is -0.339 e. The molecule has 2 N–H and O–H groups in total. The second-order valence-corrected chi connectivity index (χ2v) is 4.56. The Hall–Kier alpha value is -2.09. The lowest BCUT2D eigenvalue weighted by atomic mass is 10.3. The molecule has 0 radical (unpaired) electrons. The molecule has 3 heterocycles. The minimum absolute atomic E-state index is 0.304. The number of imidazole rings is 1. The van der Waals surface area contributed by atoms with E-state index in [0.717, 1.165) is 19.6 Å². The van der Waals surface area contributed by atoms with Gasteiger partial charge in [0.05, 0.1) is 6.33 Å². The number of nitrogens with zero attached hydrogens (tertiary/aromatic N) is 4. The Balaban J connectivity index is 2.01. The van der Waals surface area contributed by atoms with Crippen molar-refractivity contribution in [2.75, 3.05) is 37.7 Å². The van der Waals surface area contributed by atoms with Crippen LogP contribution in [0.3, 0.4) is 0 Å². The molecule has 1 fully saturated rings. The molecule has 0 unspecified atom stereocenters. The van der Waals surface area contributed by atoms with Crippen molar-refractivity contribution in [1.82, 2.24) is 24.5 Å². The van der Waals surface area contributed by atoms with Gasteiger partial charge in [-0.3, -0.25) is 14.7 Å². The highest BCUT2D eigenvalue weighted by Crippen LogP contribution is 2.00. The number of aromatic amines is 2. The van der Waals surface area contributed by atoms with Crippen LogP contribution in [0.25, 0.3) is 11.2 Å². The number of nitrogens with one attached hydrogen (secondary N) is 2. The first-order valence-corrected chi connectivity index (χ1v) is 6.36. The van der Waals surface area contributed by atoms with Gasteiger partial charge in [-0.2, -0.15) is 4.68 Å². The highest BCUT2D eigenvalue weighted by molar-refractivity contribution is 5.67. The van der Waals surface area contributed by atoms with Crippen molar-refractivity contribution in [2.24, 2.45) is 0 Å². The van der Waals surface area contributed by atoms with E-state index in [2.05, 4.69) is 26.8 Å². The van der Waals surface area contributed by atoms with Crippen LogP contribution in [0, 0.1) is 0 Å². The highest BCUT2D eigenvalue weighted by atomic mass is 16.2. The lowest BCUT2D eigenvalue weighted by molar-refractivity contribution is 0.248. The molecule has 8 nitrogen and oxygen atoms in total. The Morgan fingerprint density at radius 2 is 2.00 bits per heavy atom. The number of piperazine rings is 1. The third-order valence-electron chi connectivity index (χ3n) is 3.54. The number of likely N-dealkylation sites (N-methyl/N-ethyl adjacent to an activating group) is 1. The third-order valence-corrected chi connectivity index (χ3v) is 3.54. The fraction of sp³-hybridized carbons (Fsp3) is 0.545. The number of rotatable bonds is 2. The molecule has 1 aliphatic heterocycles. The fourth-order valence-electron chi connectivity index (χ4n) is 2.41. The van der Waals surface area contributed by atoms with Crippen LogP contribution in [0.4, 0.5) is 0 Å². The molecule has 0 aromatic carbocycles. The molecule has 2 aromatic heterocycles. The van der Waals surface area contributed by atoms with Gasteiger partial charge in [0.15, 0.2) is 11.2 Å². The zero-order valence-electron chi connectivity index (χ0n) is 10.7. The number of hydrogen-bond acceptors (Lipinski definition) is 5. The SMILES string of the molecule is CCN1CCN(n2c(=O)[nH]c3nc[nH]c3c2=O)CC1. The molecule has 3 rings (SSSR count). The molecular weight excluding hydrogens is 248 g/mol. The Morgan fingerprint density at radius 1 is 1.26 bits per heavy atom. The van der Waals surface area contributed by atoms with E-state index in [4.69, 9.17) is 0 Å². The molecule has 1 saturated heterocycles. The molecule has 0 spiro atoms. The van der Waals surface area contributed by atoms with Gasteiger partial charge in [-0.05, 0) is 6.54 Å². The summed E-state index contributed by atoms with van der Waals surface area (Å²) in [5.74, 6) is 0. The van der Waals surface area contributed by atoms with Crippen molar-refractivity contribution in [1.29, 1.82) is 0 Å². The normalized spacial score (nSPS) is 17.2. The molecule has 0 atom stereocenters. The van der Waals surface area contributed by atoms with E-state index in [1.165, 1.54) is 11.0 Å². The molecular formula is C11H16N6O2. The van der Waals surface area contributed by atoms with Gasteiger partial charge in [-0.1, -0.05) is 6.92 Å². The molecule has 2 aromatic rings. The number of aromatic nitrogens is 4. The first-order valence-electron chi connectivity index (χ1n) is 6.36. The Bertz CT molecular complexity index is 691. The standard InChI is InChI=1S/C11H16N6O2/c1-2-15-3-5-16(6-4-15)17-10(18)8-9(13-7-12-8)14-11(17)19/h7H,2-6H2,1H3,(H,12,13)(H,14,19). The molecule has 0 amide bonds. The van der Waals surface area contributed by atoms with Gasteiger partial charge < -0.3 is 9.99 Å². The minimum atomic E-state index is -0.436. The maximum absolute atomic E-state index is 12.3. The third kappa shape index (κ3) is 1.93. The molecule has 0 saturated carbocycles. The molecule has 8 heteroatoms. The van der Waals surface area contributed by atoms with Gasteiger partial charge >= 0.3 is 11.2 Å². The summed E-state index contributed by atoms with van der Waals surface area (Å²) in [6.45, 7) is 6.11. The highest BCUT2D eigenvalue weighted by Gasteiger charge is 2.20. The summed E-state index contributed by atoms with van der Waals surface area (Å²) in [5.41, 5.74) is -0.147. The van der Waals surface area contributed by atoms with Crippen LogP contribution >= 0.6 is 0 Å². The zero-order valence-corrected chi connectivity index (χ0v) is 10.7. The quantitative estimate of drug-likeness (QED) is 0.702. The Kier molecular flexibility index (Phi) is 2.86. The van der Waals surface area contributed by atoms with E-state index < -0.39 is 5.69 Å². The first kappa shape index (κ1) is 12.0. The van der Waals surface area contributed by atoms with Gasteiger partial charge in [0.25, 0.3) is 0 Å². The summed E-state index contributed by atoms with van der Waals surface area (Å²) in [6, 6.07) is 0. The molecule has 102 valence electrons. The van der Waals surface area contributed by atoms with Crippen LogP contribution in [-0.4, -0.2) is 57.3 Å². The molecule has 1 aliphatic rings. The lowest BCUT2D eigenvalue weighted by Crippen LogP contribution is -2.58. The van der Waals surface area contributed by atoms with E-state index in [9.17, 15) is 9.59 Å². The van der Waals surface area contributed by atoms with E-state index >= 15 is 0 Å². The summed E-state index contributed by atoms with van der Waals surface area (Å²) < 4.78 is 1.17. The van der Waals surface area contributed by atoms with Crippen LogP contribution in [0.5, 0.6) is 0 Å². The second kappa shape index (κ2) is 4.54. The van der Waals surface area contributed by atoms with Gasteiger partial charge in [0.1, 0.15) is 0 Å². The number of hydrogen-bond donors (Lipinski definition) is 2. The van der Waals surface area contributed by atoms with Crippen LogP contribution in [0.15, 0.2) is 15.9 Å². The molecule has 19 heavy (non-hydrogen) atoms. The van der Waals surface area contributed by atoms with Crippen molar-refractivity contribution >= 4 is 11.2 Å². The smallest absolute Gasteiger partial charge is 0.339 e. The lowest BCUT2D eigenvalue weighted by Gasteiger charge is -2.35. The van der Waals surface area contributed by atoms with Crippen LogP contribution in [0.2, 0.25) is 0 Å². The van der Waals surface area contributed by atoms with Crippen LogP contribution < -0.4 is 16.3 Å². The van der Waals surface area contributed by atoms with Gasteiger partial charge in [-0.15, -0.1) is 0 Å². The van der Waals surface area contributed by atoms with Crippen molar-refractivity contribution in [3.8, 4) is 0 Å². The van der Waals surface area contributed by atoms with Gasteiger partial charge in [-0.25, -0.2) is 9.78 Å². The maximum Gasteiger partial charge on any atom is 0.349 e. The van der Waals surface area contributed by atoms with Crippen molar-refractivity contribution < 1.29 is 0 Å². The van der Waals surface area contributed by atoms with E-state index in [-0.39, 0.29) is 5.56 Å². The molecule has 0 bridgehead atoms. The summed E-state index contributed by atoms with van der Waals surface area (Å²) in [4.78, 5) is 35.8. The van der Waals surface area contributed by atoms with Gasteiger partial charge in [0.2, 0.25) is 0 Å². The largest absolute Gasteiger partial charge is 0.349 e. The maximum atomic E-state index is 12.3. The van der Waals surface area contributed by atoms with Crippen molar-refractivity contribution in [3.63, 3.8) is 0 Å². The predicted octanol–water partition coefficient (Wildman–Crippen LogP) is -1.31. The predicted molar refractivity (Wildman–Crippen MR) is 71.0 cm³/mol. The fourth-order valence-corrected chi connectivity index (χ4v) is 2.41. The summed E-state index contributed by atoms with van der Waals surface area (Å²) in [5, 5.41) is 1.79. The molecule has 0 aliphatic carbocycles. The van der Waals surface area contributed by atoms with Gasteiger partial charge in [0, 0.05) is 26.2 Å². The number of H-pyrrole nitrogens is 2. The topological polar surface area (TPSA) is 90.0 Å². The van der Waals surface area contributed by atoms with Crippen molar-refractivity contribution in [3.05, 3.63) is 27.2 Å². The average molecular weight is 264 g/mol. The van der Waals surface area contributed by atoms with E-state index in [1.54, 1.807) is 5.01 Å². The zero-order chi connectivity index (χ0) is 13.4. The monoisotopic (exact) mass is 264 g/mol.